The number of hydrogen-bond acceptors (Lipinski definition) is 3. The Bertz CT molecular complexity index is 967. The zero-order chi connectivity index (χ0) is 19.1. The molecule has 3 rings (SSSR count). The first-order valence-electron chi connectivity index (χ1n) is 9.25. The van der Waals surface area contributed by atoms with E-state index in [0.717, 1.165) is 46.1 Å². The Balaban J connectivity index is 2.25. The van der Waals surface area contributed by atoms with E-state index in [1.807, 2.05) is 36.4 Å². The van der Waals surface area contributed by atoms with Crippen molar-refractivity contribution >= 4 is 24.0 Å². The van der Waals surface area contributed by atoms with Gasteiger partial charge in [-0.1, -0.05) is 62.0 Å². The maximum absolute atomic E-state index is 8.98. The van der Waals surface area contributed by atoms with Crippen LogP contribution in [0.3, 0.4) is 0 Å². The van der Waals surface area contributed by atoms with E-state index in [2.05, 4.69) is 46.6 Å². The van der Waals surface area contributed by atoms with Crippen LogP contribution in [0.5, 0.6) is 0 Å². The van der Waals surface area contributed by atoms with E-state index >= 15 is 0 Å². The first-order chi connectivity index (χ1) is 13.3. The molecule has 138 valence electrons. The van der Waals surface area contributed by atoms with Crippen LogP contribution < -0.4 is 0 Å². The number of para-hydroxylation sites is 2. The fraction of sp³-hybridized carbons (Fsp3) is 0.273. The first kappa shape index (κ1) is 19.5. The van der Waals surface area contributed by atoms with E-state index in [4.69, 9.17) is 17.5 Å². The van der Waals surface area contributed by atoms with Crippen molar-refractivity contribution in [3.8, 4) is 17.4 Å². The standard InChI is InChI=1S/C22H23N3S2/c1-2-3-15-20-21(26)24(18-11-6-4-7-12-18)25(19-13-8-5-9-14-19)22(20)27-17-10-16-23/h4-9,11-14H,2-3,10,15,17H2,1H3. The van der Waals surface area contributed by atoms with Crippen molar-refractivity contribution < 1.29 is 0 Å². The van der Waals surface area contributed by atoms with E-state index in [9.17, 15) is 0 Å². The van der Waals surface area contributed by atoms with Gasteiger partial charge >= 0.3 is 0 Å². The molecule has 3 aromatic rings. The van der Waals surface area contributed by atoms with Crippen LogP contribution in [0.4, 0.5) is 0 Å². The van der Waals surface area contributed by atoms with Gasteiger partial charge in [0.05, 0.1) is 17.4 Å². The van der Waals surface area contributed by atoms with Gasteiger partial charge in [-0.15, -0.1) is 11.8 Å². The minimum atomic E-state index is 0.524. The predicted molar refractivity (Wildman–Crippen MR) is 115 cm³/mol. The van der Waals surface area contributed by atoms with Crippen LogP contribution in [0.15, 0.2) is 65.7 Å². The monoisotopic (exact) mass is 393 g/mol. The third-order valence-electron chi connectivity index (χ3n) is 4.34. The van der Waals surface area contributed by atoms with Gasteiger partial charge in [-0.2, -0.15) is 5.26 Å². The lowest BCUT2D eigenvalue weighted by Gasteiger charge is -2.15. The molecule has 0 N–H and O–H groups in total. The third-order valence-corrected chi connectivity index (χ3v) is 5.86. The lowest BCUT2D eigenvalue weighted by Crippen LogP contribution is -2.10. The van der Waals surface area contributed by atoms with E-state index in [-0.39, 0.29) is 0 Å². The van der Waals surface area contributed by atoms with Gasteiger partial charge in [-0.3, -0.25) is 0 Å². The Morgan fingerprint density at radius 1 is 0.963 bits per heavy atom. The van der Waals surface area contributed by atoms with E-state index in [1.54, 1.807) is 11.8 Å². The summed E-state index contributed by atoms with van der Waals surface area (Å²) in [5.74, 6) is 0.760. The highest BCUT2D eigenvalue weighted by atomic mass is 32.2. The highest BCUT2D eigenvalue weighted by molar-refractivity contribution is 7.99. The topological polar surface area (TPSA) is 33.6 Å². The van der Waals surface area contributed by atoms with Crippen molar-refractivity contribution in [1.29, 1.82) is 5.26 Å². The maximum Gasteiger partial charge on any atom is 0.132 e. The minimum Gasteiger partial charge on any atom is -0.241 e. The number of rotatable bonds is 8. The Hall–Kier alpha value is -2.29. The molecule has 0 aliphatic rings. The molecule has 1 heterocycles. The highest BCUT2D eigenvalue weighted by Crippen LogP contribution is 2.32. The van der Waals surface area contributed by atoms with E-state index in [1.165, 1.54) is 5.56 Å². The summed E-state index contributed by atoms with van der Waals surface area (Å²) in [6, 6.07) is 22.8. The smallest absolute Gasteiger partial charge is 0.132 e. The van der Waals surface area contributed by atoms with Crippen molar-refractivity contribution in [3.63, 3.8) is 0 Å². The summed E-state index contributed by atoms with van der Waals surface area (Å²) >= 11 is 7.66. The normalized spacial score (nSPS) is 10.7. The van der Waals surface area contributed by atoms with Gasteiger partial charge in [0.1, 0.15) is 9.67 Å². The van der Waals surface area contributed by atoms with Crippen molar-refractivity contribution in [2.24, 2.45) is 0 Å². The molecular formula is C22H23N3S2. The molecule has 0 aliphatic carbocycles. The summed E-state index contributed by atoms with van der Waals surface area (Å²) in [7, 11) is 0. The van der Waals surface area contributed by atoms with Crippen molar-refractivity contribution in [3.05, 3.63) is 70.9 Å². The van der Waals surface area contributed by atoms with E-state index in [0.29, 0.717) is 6.42 Å². The number of hydrogen-bond donors (Lipinski definition) is 0. The van der Waals surface area contributed by atoms with Gasteiger partial charge < -0.3 is 0 Å². The average Bonchev–Trinajstić information content (AvgIpc) is 2.99. The largest absolute Gasteiger partial charge is 0.241 e. The van der Waals surface area contributed by atoms with Gasteiger partial charge in [0.15, 0.2) is 0 Å². The summed E-state index contributed by atoms with van der Waals surface area (Å²) in [5, 5.41) is 10.1. The van der Waals surface area contributed by atoms with Gasteiger partial charge in [-0.05, 0) is 37.1 Å². The van der Waals surface area contributed by atoms with Crippen molar-refractivity contribution in [2.45, 2.75) is 37.6 Å². The number of benzene rings is 2. The fourth-order valence-electron chi connectivity index (χ4n) is 3.04. The lowest BCUT2D eigenvalue weighted by molar-refractivity contribution is 0.685. The lowest BCUT2D eigenvalue weighted by atomic mass is 10.2. The van der Waals surface area contributed by atoms with Crippen LogP contribution in [-0.2, 0) is 6.42 Å². The molecule has 2 aromatic carbocycles. The summed E-state index contributed by atoms with van der Waals surface area (Å²) in [6.45, 7) is 2.20. The van der Waals surface area contributed by atoms with Crippen LogP contribution in [0.1, 0.15) is 31.7 Å². The Kier molecular flexibility index (Phi) is 6.92. The zero-order valence-corrected chi connectivity index (χ0v) is 17.1. The second kappa shape index (κ2) is 9.59. The molecule has 0 saturated carbocycles. The van der Waals surface area contributed by atoms with Crippen LogP contribution in [0.2, 0.25) is 0 Å². The third kappa shape index (κ3) is 4.35. The molecule has 1 aromatic heterocycles. The summed E-state index contributed by atoms with van der Waals surface area (Å²) in [4.78, 5) is 0. The number of thioether (sulfide) groups is 1. The van der Waals surface area contributed by atoms with Crippen molar-refractivity contribution in [2.75, 3.05) is 5.75 Å². The molecule has 0 amide bonds. The molecule has 0 unspecified atom stereocenters. The quantitative estimate of drug-likeness (QED) is 0.254. The summed E-state index contributed by atoms with van der Waals surface area (Å²) in [5.41, 5.74) is 3.34. The fourth-order valence-corrected chi connectivity index (χ4v) is 4.56. The molecular weight excluding hydrogens is 370 g/mol. The molecule has 0 aliphatic heterocycles. The first-order valence-corrected chi connectivity index (χ1v) is 10.6. The predicted octanol–water partition coefficient (Wildman–Crippen LogP) is 6.35. The maximum atomic E-state index is 8.98. The average molecular weight is 394 g/mol. The van der Waals surface area contributed by atoms with Crippen LogP contribution in [0.25, 0.3) is 11.4 Å². The van der Waals surface area contributed by atoms with Gasteiger partial charge in [0.25, 0.3) is 0 Å². The molecule has 0 fully saturated rings. The van der Waals surface area contributed by atoms with Crippen LogP contribution in [0, 0.1) is 16.0 Å². The number of nitrogens with zero attached hydrogens (tertiary/aromatic N) is 3. The van der Waals surface area contributed by atoms with Gasteiger partial charge in [0, 0.05) is 17.7 Å². The van der Waals surface area contributed by atoms with Gasteiger partial charge in [-0.25, -0.2) is 9.36 Å². The molecule has 0 saturated heterocycles. The summed E-state index contributed by atoms with van der Waals surface area (Å²) in [6.07, 6.45) is 3.70. The van der Waals surface area contributed by atoms with Crippen LogP contribution >= 0.6 is 24.0 Å². The number of unbranched alkanes of at least 4 members (excludes halogenated alkanes) is 1. The Morgan fingerprint density at radius 3 is 2.11 bits per heavy atom. The molecule has 0 bridgehead atoms. The zero-order valence-electron chi connectivity index (χ0n) is 15.5. The minimum absolute atomic E-state index is 0.524. The second-order valence-corrected chi connectivity index (χ2v) is 7.71. The number of aromatic nitrogens is 2. The van der Waals surface area contributed by atoms with Gasteiger partial charge in [0.2, 0.25) is 0 Å². The summed E-state index contributed by atoms with van der Waals surface area (Å²) < 4.78 is 5.20. The van der Waals surface area contributed by atoms with E-state index < -0.39 is 0 Å². The molecule has 0 atom stereocenters. The number of nitriles is 1. The molecule has 0 spiro atoms. The molecule has 5 heteroatoms. The molecule has 3 nitrogen and oxygen atoms in total. The highest BCUT2D eigenvalue weighted by Gasteiger charge is 2.19. The van der Waals surface area contributed by atoms with Crippen LogP contribution in [-0.4, -0.2) is 15.1 Å². The molecule has 0 radical (unpaired) electrons. The SMILES string of the molecule is CCCCc1c(SCCC#N)n(-c2ccccc2)n(-c2ccccc2)c1=S. The molecule has 27 heavy (non-hydrogen) atoms. The van der Waals surface area contributed by atoms with Crippen molar-refractivity contribution in [1.82, 2.24) is 9.36 Å². The second-order valence-electron chi connectivity index (χ2n) is 6.24. The Labute approximate surface area is 170 Å². The Morgan fingerprint density at radius 2 is 1.56 bits per heavy atom.